The van der Waals surface area contributed by atoms with Gasteiger partial charge in [0.1, 0.15) is 0 Å². The van der Waals surface area contributed by atoms with E-state index in [2.05, 4.69) is 22.2 Å². The van der Waals surface area contributed by atoms with Crippen LogP contribution in [0.2, 0.25) is 0 Å². The van der Waals surface area contributed by atoms with Crippen molar-refractivity contribution in [1.82, 2.24) is 16.0 Å². The molecule has 0 aromatic carbocycles. The van der Waals surface area contributed by atoms with Gasteiger partial charge in [-0.05, 0) is 12.8 Å². The number of hydrazine groups is 2. The van der Waals surface area contributed by atoms with E-state index in [1.165, 1.54) is 32.1 Å². The average Bonchev–Trinajstić information content (AvgIpc) is 2.58. The monoisotopic (exact) mass is 153 g/mol. The molecule has 3 heteroatoms. The molecule has 1 aliphatic heterocycles. The fraction of sp³-hybridized carbons (Fsp3) is 0.750. The van der Waals surface area contributed by atoms with Crippen molar-refractivity contribution in [1.29, 1.82) is 0 Å². The molecule has 1 fully saturated rings. The van der Waals surface area contributed by atoms with Crippen molar-refractivity contribution in [3.63, 3.8) is 0 Å². The summed E-state index contributed by atoms with van der Waals surface area (Å²) in [6.45, 7) is 0. The van der Waals surface area contributed by atoms with Gasteiger partial charge in [0.2, 0.25) is 0 Å². The van der Waals surface area contributed by atoms with E-state index in [1.54, 1.807) is 0 Å². The first-order chi connectivity index (χ1) is 5.47. The van der Waals surface area contributed by atoms with Crippen LogP contribution in [0.15, 0.2) is 12.4 Å². The maximum Gasteiger partial charge on any atom is 0.0466 e. The summed E-state index contributed by atoms with van der Waals surface area (Å²) in [6, 6.07) is 0.718. The van der Waals surface area contributed by atoms with Crippen molar-refractivity contribution in [2.75, 3.05) is 0 Å². The Morgan fingerprint density at radius 3 is 2.64 bits per heavy atom. The van der Waals surface area contributed by atoms with E-state index in [9.17, 15) is 0 Å². The predicted molar refractivity (Wildman–Crippen MR) is 44.1 cm³/mol. The van der Waals surface area contributed by atoms with Gasteiger partial charge in [-0.1, -0.05) is 19.3 Å². The normalized spacial score (nSPS) is 25.6. The largest absolute Gasteiger partial charge is 0.310 e. The lowest BCUT2D eigenvalue weighted by Gasteiger charge is -2.30. The Bertz CT molecular complexity index is 149. The van der Waals surface area contributed by atoms with Gasteiger partial charge in [0.15, 0.2) is 0 Å². The lowest BCUT2D eigenvalue weighted by Crippen LogP contribution is -2.43. The zero-order chi connectivity index (χ0) is 7.52. The molecule has 0 spiro atoms. The average molecular weight is 153 g/mol. The summed E-state index contributed by atoms with van der Waals surface area (Å²) in [7, 11) is 0. The maximum atomic E-state index is 3.10. The van der Waals surface area contributed by atoms with E-state index in [0.717, 1.165) is 6.04 Å². The number of hydrogen-bond acceptors (Lipinski definition) is 3. The molecule has 2 N–H and O–H groups in total. The molecule has 0 radical (unpaired) electrons. The minimum absolute atomic E-state index is 0.718. The minimum Gasteiger partial charge on any atom is -0.310 e. The van der Waals surface area contributed by atoms with Gasteiger partial charge >= 0.3 is 0 Å². The molecular weight excluding hydrogens is 138 g/mol. The Kier molecular flexibility index (Phi) is 1.99. The molecule has 3 nitrogen and oxygen atoms in total. The summed E-state index contributed by atoms with van der Waals surface area (Å²) in [4.78, 5) is 0. The van der Waals surface area contributed by atoms with Crippen LogP contribution in [-0.4, -0.2) is 11.1 Å². The summed E-state index contributed by atoms with van der Waals surface area (Å²) in [5.41, 5.74) is 6.06. The van der Waals surface area contributed by atoms with E-state index in [4.69, 9.17) is 0 Å². The van der Waals surface area contributed by atoms with Crippen LogP contribution < -0.4 is 11.0 Å². The van der Waals surface area contributed by atoms with Crippen LogP contribution >= 0.6 is 0 Å². The van der Waals surface area contributed by atoms with Crippen molar-refractivity contribution in [3.05, 3.63) is 12.4 Å². The predicted octanol–water partition coefficient (Wildman–Crippen LogP) is 1.12. The van der Waals surface area contributed by atoms with Gasteiger partial charge in [-0.15, -0.1) is 5.53 Å². The topological polar surface area (TPSA) is 27.3 Å². The molecule has 0 unspecified atom stereocenters. The molecule has 0 amide bonds. The second kappa shape index (κ2) is 3.13. The fourth-order valence-electron chi connectivity index (χ4n) is 1.84. The first kappa shape index (κ1) is 6.98. The highest BCUT2D eigenvalue weighted by molar-refractivity contribution is 4.88. The van der Waals surface area contributed by atoms with Gasteiger partial charge in [-0.2, -0.15) is 0 Å². The smallest absolute Gasteiger partial charge is 0.0466 e. The van der Waals surface area contributed by atoms with Crippen LogP contribution in [0.5, 0.6) is 0 Å². The van der Waals surface area contributed by atoms with E-state index in [-0.39, 0.29) is 0 Å². The minimum atomic E-state index is 0.718. The Morgan fingerprint density at radius 2 is 2.00 bits per heavy atom. The second-order valence-electron chi connectivity index (χ2n) is 3.27. The van der Waals surface area contributed by atoms with Crippen molar-refractivity contribution >= 4 is 0 Å². The van der Waals surface area contributed by atoms with Crippen LogP contribution in [0.4, 0.5) is 0 Å². The summed E-state index contributed by atoms with van der Waals surface area (Å²) >= 11 is 0. The van der Waals surface area contributed by atoms with Gasteiger partial charge in [0.25, 0.3) is 0 Å². The van der Waals surface area contributed by atoms with E-state index in [1.807, 2.05) is 6.20 Å². The Balaban J connectivity index is 1.87. The van der Waals surface area contributed by atoms with E-state index >= 15 is 0 Å². The number of nitrogens with one attached hydrogen (secondary N) is 2. The Morgan fingerprint density at radius 1 is 1.18 bits per heavy atom. The summed E-state index contributed by atoms with van der Waals surface area (Å²) in [6.07, 6.45) is 10.9. The molecule has 1 saturated carbocycles. The second-order valence-corrected chi connectivity index (χ2v) is 3.27. The van der Waals surface area contributed by atoms with Crippen molar-refractivity contribution in [2.24, 2.45) is 0 Å². The molecular formula is C8H15N3. The summed E-state index contributed by atoms with van der Waals surface area (Å²) in [5.74, 6) is 0. The van der Waals surface area contributed by atoms with E-state index in [0.29, 0.717) is 0 Å². The zero-order valence-corrected chi connectivity index (χ0v) is 6.71. The lowest BCUT2D eigenvalue weighted by molar-refractivity contribution is 0.157. The van der Waals surface area contributed by atoms with Gasteiger partial charge < -0.3 is 5.43 Å². The summed E-state index contributed by atoms with van der Waals surface area (Å²) in [5, 5.41) is 2.18. The highest BCUT2D eigenvalue weighted by Crippen LogP contribution is 2.21. The van der Waals surface area contributed by atoms with Crippen LogP contribution in [-0.2, 0) is 0 Å². The molecule has 2 rings (SSSR count). The molecule has 0 aromatic rings. The highest BCUT2D eigenvalue weighted by atomic mass is 15.7. The fourth-order valence-corrected chi connectivity index (χ4v) is 1.84. The van der Waals surface area contributed by atoms with Gasteiger partial charge in [0, 0.05) is 18.4 Å². The van der Waals surface area contributed by atoms with Crippen LogP contribution in [0.25, 0.3) is 0 Å². The number of rotatable bonds is 1. The first-order valence-corrected chi connectivity index (χ1v) is 4.43. The molecule has 0 aromatic heterocycles. The van der Waals surface area contributed by atoms with Crippen molar-refractivity contribution in [3.8, 4) is 0 Å². The summed E-state index contributed by atoms with van der Waals surface area (Å²) < 4.78 is 0. The third-order valence-corrected chi connectivity index (χ3v) is 2.48. The molecule has 0 atom stereocenters. The van der Waals surface area contributed by atoms with E-state index < -0.39 is 0 Å². The molecule has 2 aliphatic rings. The molecule has 11 heavy (non-hydrogen) atoms. The molecule has 0 saturated heterocycles. The first-order valence-electron chi connectivity index (χ1n) is 4.43. The van der Waals surface area contributed by atoms with Crippen molar-refractivity contribution in [2.45, 2.75) is 38.1 Å². The Labute approximate surface area is 67.4 Å². The zero-order valence-electron chi connectivity index (χ0n) is 6.71. The molecule has 1 heterocycles. The SMILES string of the molecule is C1=CN(C2CCCCC2)NN1. The van der Waals surface area contributed by atoms with Crippen molar-refractivity contribution < 1.29 is 0 Å². The molecule has 1 aliphatic carbocycles. The quantitative estimate of drug-likeness (QED) is 0.591. The third kappa shape index (κ3) is 1.48. The van der Waals surface area contributed by atoms with Gasteiger partial charge in [-0.3, -0.25) is 5.01 Å². The third-order valence-electron chi connectivity index (χ3n) is 2.48. The highest BCUT2D eigenvalue weighted by Gasteiger charge is 2.19. The van der Waals surface area contributed by atoms with Gasteiger partial charge in [0.05, 0.1) is 0 Å². The number of hydrogen-bond donors (Lipinski definition) is 2. The molecule has 0 bridgehead atoms. The Hall–Kier alpha value is -0.700. The maximum absolute atomic E-state index is 3.10. The van der Waals surface area contributed by atoms with Crippen LogP contribution in [0.1, 0.15) is 32.1 Å². The lowest BCUT2D eigenvalue weighted by atomic mass is 9.95. The standard InChI is InChI=1S/C8H15N3/c1-2-4-8(5-3-1)11-7-6-9-10-11/h6-10H,1-5H2. The van der Waals surface area contributed by atoms with Crippen LogP contribution in [0, 0.1) is 0 Å². The number of nitrogens with zero attached hydrogens (tertiary/aromatic N) is 1. The van der Waals surface area contributed by atoms with Gasteiger partial charge in [-0.25, -0.2) is 0 Å². The molecule has 62 valence electrons. The van der Waals surface area contributed by atoms with Crippen LogP contribution in [0.3, 0.4) is 0 Å².